The fourth-order valence-electron chi connectivity index (χ4n) is 3.99. The first-order chi connectivity index (χ1) is 13.4. The van der Waals surface area contributed by atoms with E-state index >= 15 is 0 Å². The van der Waals surface area contributed by atoms with Crippen molar-refractivity contribution in [2.24, 2.45) is 5.92 Å². The molecule has 1 spiro atoms. The summed E-state index contributed by atoms with van der Waals surface area (Å²) in [6.07, 6.45) is 1.09. The zero-order chi connectivity index (χ0) is 20.1. The highest BCUT2D eigenvalue weighted by Crippen LogP contribution is 2.44. The van der Waals surface area contributed by atoms with Crippen molar-refractivity contribution in [1.82, 2.24) is 0 Å². The maximum absolute atomic E-state index is 12.5. The first-order valence-corrected chi connectivity index (χ1v) is 9.90. The summed E-state index contributed by atoms with van der Waals surface area (Å²) in [4.78, 5) is 12.5. The van der Waals surface area contributed by atoms with Gasteiger partial charge in [0.05, 0.1) is 37.4 Å². The molecule has 2 fully saturated rings. The SMILES string of the molecule is CC(C)=CCO[C@@H](C)[C@H]1[C@H](O)[C@H](OC(=O)c2ccccc2)CCC12OCCO2. The molecule has 6 nitrogen and oxygen atoms in total. The number of carbonyl (C=O) groups excluding carboxylic acids is 1. The monoisotopic (exact) mass is 390 g/mol. The van der Waals surface area contributed by atoms with Crippen molar-refractivity contribution in [2.75, 3.05) is 19.8 Å². The second kappa shape index (κ2) is 9.18. The van der Waals surface area contributed by atoms with Gasteiger partial charge in [-0.1, -0.05) is 29.8 Å². The summed E-state index contributed by atoms with van der Waals surface area (Å²) in [5.41, 5.74) is 1.63. The van der Waals surface area contributed by atoms with E-state index in [2.05, 4.69) is 0 Å². The lowest BCUT2D eigenvalue weighted by atomic mass is 9.76. The number of rotatable bonds is 6. The lowest BCUT2D eigenvalue weighted by Crippen LogP contribution is -2.59. The van der Waals surface area contributed by atoms with Crippen LogP contribution in [0.4, 0.5) is 0 Å². The Kier molecular flexibility index (Phi) is 6.88. The highest BCUT2D eigenvalue weighted by molar-refractivity contribution is 5.89. The second-order valence-electron chi connectivity index (χ2n) is 7.69. The molecule has 28 heavy (non-hydrogen) atoms. The predicted octanol–water partition coefficient (Wildman–Crippen LogP) is 3.10. The van der Waals surface area contributed by atoms with Crippen LogP contribution in [0.1, 0.15) is 44.0 Å². The maximum atomic E-state index is 12.5. The van der Waals surface area contributed by atoms with E-state index in [4.69, 9.17) is 18.9 Å². The van der Waals surface area contributed by atoms with Crippen LogP contribution >= 0.6 is 0 Å². The Morgan fingerprint density at radius 3 is 2.61 bits per heavy atom. The second-order valence-corrected chi connectivity index (χ2v) is 7.69. The van der Waals surface area contributed by atoms with Gasteiger partial charge >= 0.3 is 5.97 Å². The third-order valence-electron chi connectivity index (χ3n) is 5.43. The quantitative estimate of drug-likeness (QED) is 0.594. The smallest absolute Gasteiger partial charge is 0.338 e. The summed E-state index contributed by atoms with van der Waals surface area (Å²) >= 11 is 0. The molecular formula is C22H30O6. The summed E-state index contributed by atoms with van der Waals surface area (Å²) in [5, 5.41) is 11.1. The molecular weight excluding hydrogens is 360 g/mol. The first-order valence-electron chi connectivity index (χ1n) is 9.90. The van der Waals surface area contributed by atoms with Gasteiger partial charge in [0, 0.05) is 6.42 Å². The predicted molar refractivity (Wildman–Crippen MR) is 104 cm³/mol. The fourth-order valence-corrected chi connectivity index (χ4v) is 3.99. The van der Waals surface area contributed by atoms with E-state index in [1.165, 1.54) is 0 Å². The number of aliphatic hydroxyl groups excluding tert-OH is 1. The third kappa shape index (κ3) is 4.63. The summed E-state index contributed by atoms with van der Waals surface area (Å²) in [7, 11) is 0. The Bertz CT molecular complexity index is 676. The number of allylic oxidation sites excluding steroid dienone is 1. The van der Waals surface area contributed by atoms with Crippen molar-refractivity contribution in [1.29, 1.82) is 0 Å². The topological polar surface area (TPSA) is 74.2 Å². The molecule has 1 heterocycles. The minimum Gasteiger partial charge on any atom is -0.456 e. The number of aliphatic hydroxyl groups is 1. The Labute approximate surface area is 166 Å². The van der Waals surface area contributed by atoms with Crippen LogP contribution < -0.4 is 0 Å². The Morgan fingerprint density at radius 1 is 1.29 bits per heavy atom. The molecule has 1 saturated heterocycles. The van der Waals surface area contributed by atoms with Crippen LogP contribution in [-0.2, 0) is 18.9 Å². The maximum Gasteiger partial charge on any atom is 0.338 e. The molecule has 0 unspecified atom stereocenters. The van der Waals surface area contributed by atoms with Crippen LogP contribution in [0.2, 0.25) is 0 Å². The minimum atomic E-state index is -0.943. The van der Waals surface area contributed by atoms with Gasteiger partial charge in [-0.2, -0.15) is 0 Å². The van der Waals surface area contributed by atoms with Crippen LogP contribution in [0.25, 0.3) is 0 Å². The molecule has 1 aliphatic heterocycles. The van der Waals surface area contributed by atoms with Crippen LogP contribution in [0.15, 0.2) is 42.0 Å². The van der Waals surface area contributed by atoms with Gasteiger partial charge in [-0.25, -0.2) is 4.79 Å². The Morgan fingerprint density at radius 2 is 1.96 bits per heavy atom. The number of hydrogen-bond donors (Lipinski definition) is 1. The summed E-state index contributed by atoms with van der Waals surface area (Å²) in [6, 6.07) is 8.80. The molecule has 0 amide bonds. The molecule has 1 aliphatic carbocycles. The van der Waals surface area contributed by atoms with E-state index in [1.54, 1.807) is 24.3 Å². The van der Waals surface area contributed by atoms with Gasteiger partial charge < -0.3 is 24.1 Å². The van der Waals surface area contributed by atoms with Crippen LogP contribution in [0.3, 0.4) is 0 Å². The number of hydrogen-bond acceptors (Lipinski definition) is 6. The average Bonchev–Trinajstić information content (AvgIpc) is 3.13. The molecule has 0 aromatic heterocycles. The lowest BCUT2D eigenvalue weighted by Gasteiger charge is -2.47. The van der Waals surface area contributed by atoms with Gasteiger partial charge in [0.25, 0.3) is 0 Å². The molecule has 1 aromatic rings. The van der Waals surface area contributed by atoms with Crippen molar-refractivity contribution >= 4 is 5.97 Å². The van der Waals surface area contributed by atoms with Gasteiger partial charge in [-0.15, -0.1) is 0 Å². The lowest BCUT2D eigenvalue weighted by molar-refractivity contribution is -0.275. The molecule has 4 atom stereocenters. The largest absolute Gasteiger partial charge is 0.456 e. The first kappa shape index (κ1) is 21.0. The molecule has 1 aromatic carbocycles. The number of benzene rings is 1. The number of ether oxygens (including phenoxy) is 4. The van der Waals surface area contributed by atoms with Crippen molar-refractivity contribution in [3.63, 3.8) is 0 Å². The highest BCUT2D eigenvalue weighted by Gasteiger charge is 2.56. The van der Waals surface area contributed by atoms with Crippen LogP contribution in [0, 0.1) is 5.92 Å². The van der Waals surface area contributed by atoms with E-state index < -0.39 is 29.9 Å². The normalized spacial score (nSPS) is 27.4. The van der Waals surface area contributed by atoms with Crippen molar-refractivity contribution in [3.8, 4) is 0 Å². The van der Waals surface area contributed by atoms with E-state index in [0.29, 0.717) is 38.2 Å². The minimum absolute atomic E-state index is 0.332. The van der Waals surface area contributed by atoms with Crippen LogP contribution in [-0.4, -0.2) is 55.0 Å². The average molecular weight is 390 g/mol. The van der Waals surface area contributed by atoms with E-state index in [0.717, 1.165) is 5.57 Å². The van der Waals surface area contributed by atoms with Crippen LogP contribution in [0.5, 0.6) is 0 Å². The summed E-state index contributed by atoms with van der Waals surface area (Å²) in [5.74, 6) is -1.78. The molecule has 0 radical (unpaired) electrons. The van der Waals surface area contributed by atoms with Crippen molar-refractivity contribution < 1.29 is 28.8 Å². The zero-order valence-electron chi connectivity index (χ0n) is 16.8. The van der Waals surface area contributed by atoms with Crippen molar-refractivity contribution in [3.05, 3.63) is 47.5 Å². The van der Waals surface area contributed by atoms with Gasteiger partial charge in [-0.3, -0.25) is 0 Å². The number of esters is 1. The Balaban J connectivity index is 1.73. The fraction of sp³-hybridized carbons (Fsp3) is 0.591. The van der Waals surface area contributed by atoms with Gasteiger partial charge in [0.2, 0.25) is 0 Å². The Hall–Kier alpha value is -1.73. The van der Waals surface area contributed by atoms with Gasteiger partial charge in [-0.05, 0) is 39.3 Å². The van der Waals surface area contributed by atoms with Crippen molar-refractivity contribution in [2.45, 2.75) is 57.7 Å². The van der Waals surface area contributed by atoms with E-state index in [1.807, 2.05) is 32.9 Å². The zero-order valence-corrected chi connectivity index (χ0v) is 16.8. The summed E-state index contributed by atoms with van der Waals surface area (Å²) in [6.45, 7) is 7.33. The molecule has 2 aliphatic rings. The number of carbonyl (C=O) groups is 1. The molecule has 154 valence electrons. The highest BCUT2D eigenvalue weighted by atomic mass is 16.7. The standard InChI is InChI=1S/C22H30O6/c1-15(2)10-12-25-16(3)19-20(23)18(9-11-22(19)26-13-14-27-22)28-21(24)17-7-5-4-6-8-17/h4-8,10,16,18-20,23H,9,11-14H2,1-3H3/t16-,18+,19-,20+/m0/s1. The molecule has 3 rings (SSSR count). The summed E-state index contributed by atoms with van der Waals surface area (Å²) < 4.78 is 23.5. The molecule has 0 bridgehead atoms. The molecule has 6 heteroatoms. The third-order valence-corrected chi connectivity index (χ3v) is 5.43. The van der Waals surface area contributed by atoms with Gasteiger partial charge in [0.15, 0.2) is 5.79 Å². The molecule has 1 saturated carbocycles. The van der Waals surface area contributed by atoms with E-state index in [-0.39, 0.29) is 6.10 Å². The molecule has 1 N–H and O–H groups in total. The van der Waals surface area contributed by atoms with Gasteiger partial charge in [0.1, 0.15) is 12.2 Å². The van der Waals surface area contributed by atoms with E-state index in [9.17, 15) is 9.90 Å².